The normalized spacial score (nSPS) is 13.2. The van der Waals surface area contributed by atoms with Crippen LogP contribution in [0.25, 0.3) is 11.5 Å². The number of ketones is 1. The van der Waals surface area contributed by atoms with Gasteiger partial charge in [-0.15, -0.1) is 10.2 Å². The number of aryl methyl sites for hydroxylation is 2. The van der Waals surface area contributed by atoms with Crippen LogP contribution in [0.4, 0.5) is 0 Å². The topological polar surface area (TPSA) is 72.9 Å². The zero-order chi connectivity index (χ0) is 16.8. The quantitative estimate of drug-likeness (QED) is 0.743. The Kier molecular flexibility index (Phi) is 3.42. The van der Waals surface area contributed by atoms with Gasteiger partial charge in [0.15, 0.2) is 11.6 Å². The Hall–Kier alpha value is -2.60. The molecular weight excluding hydrogens is 328 g/mol. The van der Waals surface area contributed by atoms with Crippen LogP contribution in [0.3, 0.4) is 0 Å². The van der Waals surface area contributed by atoms with Crippen molar-refractivity contribution < 1.29 is 9.90 Å². The number of halogens is 1. The van der Waals surface area contributed by atoms with Crippen LogP contribution >= 0.6 is 11.6 Å². The average molecular weight is 343 g/mol. The third kappa shape index (κ3) is 2.30. The number of aromatic hydroxyl groups is 1. The molecular formula is C17H15ClN4O2. The van der Waals surface area contributed by atoms with Crippen molar-refractivity contribution in [2.45, 2.75) is 19.4 Å². The molecule has 0 atom stereocenters. The fourth-order valence-electron chi connectivity index (χ4n) is 3.10. The Balaban J connectivity index is 1.76. The van der Waals surface area contributed by atoms with Gasteiger partial charge in [-0.1, -0.05) is 11.6 Å². The van der Waals surface area contributed by atoms with Crippen LogP contribution in [0.5, 0.6) is 5.75 Å². The lowest BCUT2D eigenvalue weighted by molar-refractivity contribution is 0.103. The Bertz CT molecular complexity index is 958. The van der Waals surface area contributed by atoms with Gasteiger partial charge in [0.05, 0.1) is 11.3 Å². The number of aromatic nitrogens is 4. The van der Waals surface area contributed by atoms with E-state index in [2.05, 4.69) is 14.8 Å². The van der Waals surface area contributed by atoms with Crippen LogP contribution in [-0.2, 0) is 20.0 Å². The molecule has 0 amide bonds. The maximum absolute atomic E-state index is 12.7. The first-order chi connectivity index (χ1) is 11.5. The molecule has 0 aliphatic carbocycles. The lowest BCUT2D eigenvalue weighted by atomic mass is 10.0. The van der Waals surface area contributed by atoms with Crippen LogP contribution in [0.1, 0.15) is 28.2 Å². The van der Waals surface area contributed by atoms with Crippen molar-refractivity contribution in [2.24, 2.45) is 7.05 Å². The van der Waals surface area contributed by atoms with Gasteiger partial charge < -0.3 is 14.2 Å². The van der Waals surface area contributed by atoms with Gasteiger partial charge in [-0.2, -0.15) is 0 Å². The van der Waals surface area contributed by atoms with Crippen molar-refractivity contribution in [1.82, 2.24) is 19.3 Å². The first kappa shape index (κ1) is 15.0. The summed E-state index contributed by atoms with van der Waals surface area (Å²) < 4.78 is 3.94. The van der Waals surface area contributed by atoms with Gasteiger partial charge in [-0.3, -0.25) is 4.79 Å². The molecule has 2 aromatic heterocycles. The number of benzene rings is 1. The second kappa shape index (κ2) is 5.49. The highest BCUT2D eigenvalue weighted by atomic mass is 35.5. The molecule has 0 spiro atoms. The zero-order valence-corrected chi connectivity index (χ0v) is 13.8. The summed E-state index contributed by atoms with van der Waals surface area (Å²) in [5.41, 5.74) is 1.48. The number of carbonyl (C=O) groups is 1. The van der Waals surface area contributed by atoms with Gasteiger partial charge in [0.25, 0.3) is 0 Å². The zero-order valence-electron chi connectivity index (χ0n) is 13.0. The maximum Gasteiger partial charge on any atom is 0.198 e. The summed E-state index contributed by atoms with van der Waals surface area (Å²) in [6, 6.07) is 6.22. The van der Waals surface area contributed by atoms with Gasteiger partial charge in [-0.25, -0.2) is 0 Å². The Morgan fingerprint density at radius 2 is 2.12 bits per heavy atom. The number of carbonyl (C=O) groups excluding carboxylic acids is 1. The third-order valence-corrected chi connectivity index (χ3v) is 4.54. The van der Waals surface area contributed by atoms with E-state index in [-0.39, 0.29) is 17.1 Å². The van der Waals surface area contributed by atoms with Crippen molar-refractivity contribution in [3.05, 3.63) is 52.4 Å². The van der Waals surface area contributed by atoms with E-state index in [9.17, 15) is 9.90 Å². The minimum atomic E-state index is -0.280. The van der Waals surface area contributed by atoms with Gasteiger partial charge >= 0.3 is 0 Å². The molecule has 7 heteroatoms. The molecule has 4 rings (SSSR count). The van der Waals surface area contributed by atoms with E-state index in [1.165, 1.54) is 12.1 Å². The second-order valence-electron chi connectivity index (χ2n) is 5.91. The molecule has 1 aliphatic rings. The molecule has 3 aromatic rings. The largest absolute Gasteiger partial charge is 0.507 e. The highest BCUT2D eigenvalue weighted by molar-refractivity contribution is 6.31. The molecule has 0 radical (unpaired) electrons. The number of hydrogen-bond acceptors (Lipinski definition) is 4. The van der Waals surface area contributed by atoms with E-state index in [4.69, 9.17) is 11.6 Å². The van der Waals surface area contributed by atoms with Crippen molar-refractivity contribution >= 4 is 17.4 Å². The minimum absolute atomic E-state index is 0.0850. The SMILES string of the molecule is Cn1cc(C(=O)c2cc(Cl)ccc2O)cc1-c1nnc2n1CCC2. The molecule has 3 heterocycles. The predicted octanol–water partition coefficient (Wildman–Crippen LogP) is 2.82. The molecule has 24 heavy (non-hydrogen) atoms. The molecule has 1 N–H and O–H groups in total. The lowest BCUT2D eigenvalue weighted by Crippen LogP contribution is -2.00. The summed E-state index contributed by atoms with van der Waals surface area (Å²) in [6.07, 6.45) is 3.72. The van der Waals surface area contributed by atoms with E-state index in [0.29, 0.717) is 10.6 Å². The minimum Gasteiger partial charge on any atom is -0.507 e. The monoisotopic (exact) mass is 342 g/mol. The molecule has 0 saturated heterocycles. The molecule has 6 nitrogen and oxygen atoms in total. The van der Waals surface area contributed by atoms with Crippen LogP contribution in [-0.4, -0.2) is 30.2 Å². The van der Waals surface area contributed by atoms with E-state index < -0.39 is 0 Å². The number of hydrogen-bond donors (Lipinski definition) is 1. The maximum atomic E-state index is 12.7. The molecule has 0 unspecified atom stereocenters. The average Bonchev–Trinajstić information content (AvgIpc) is 3.24. The van der Waals surface area contributed by atoms with Crippen molar-refractivity contribution in [2.75, 3.05) is 0 Å². The number of phenolic OH excluding ortho intramolecular Hbond substituents is 1. The van der Waals surface area contributed by atoms with Crippen molar-refractivity contribution in [1.29, 1.82) is 0 Å². The molecule has 1 aliphatic heterocycles. The van der Waals surface area contributed by atoms with E-state index in [0.717, 1.165) is 36.7 Å². The summed E-state index contributed by atoms with van der Waals surface area (Å²) >= 11 is 5.94. The number of rotatable bonds is 3. The molecule has 0 bridgehead atoms. The first-order valence-electron chi connectivity index (χ1n) is 7.66. The summed E-state index contributed by atoms with van der Waals surface area (Å²) in [7, 11) is 1.86. The van der Waals surface area contributed by atoms with Crippen LogP contribution in [0.15, 0.2) is 30.5 Å². The van der Waals surface area contributed by atoms with E-state index >= 15 is 0 Å². The smallest absolute Gasteiger partial charge is 0.198 e. The second-order valence-corrected chi connectivity index (χ2v) is 6.35. The fraction of sp³-hybridized carbons (Fsp3) is 0.235. The number of nitrogens with zero attached hydrogens (tertiary/aromatic N) is 4. The Morgan fingerprint density at radius 1 is 1.29 bits per heavy atom. The highest BCUT2D eigenvalue weighted by Crippen LogP contribution is 2.28. The van der Waals surface area contributed by atoms with Gasteiger partial charge in [-0.05, 0) is 30.7 Å². The number of phenols is 1. The summed E-state index contributed by atoms with van der Waals surface area (Å²) in [5, 5.41) is 18.8. The predicted molar refractivity (Wildman–Crippen MR) is 89.3 cm³/mol. The van der Waals surface area contributed by atoms with Crippen LogP contribution in [0, 0.1) is 0 Å². The van der Waals surface area contributed by atoms with Gasteiger partial charge in [0.2, 0.25) is 0 Å². The lowest BCUT2D eigenvalue weighted by Gasteiger charge is -2.03. The highest BCUT2D eigenvalue weighted by Gasteiger charge is 2.23. The Morgan fingerprint density at radius 3 is 2.96 bits per heavy atom. The van der Waals surface area contributed by atoms with Crippen molar-refractivity contribution in [3.63, 3.8) is 0 Å². The summed E-state index contributed by atoms with van der Waals surface area (Å²) in [4.78, 5) is 12.7. The standard InChI is InChI=1S/C17H15ClN4O2/c1-21-9-10(16(24)12-8-11(18)4-5-14(12)23)7-13(21)17-20-19-15-3-2-6-22(15)17/h4-5,7-9,23H,2-3,6H2,1H3. The molecule has 1 aromatic carbocycles. The molecule has 0 saturated carbocycles. The molecule has 122 valence electrons. The van der Waals surface area contributed by atoms with Crippen LogP contribution in [0.2, 0.25) is 5.02 Å². The third-order valence-electron chi connectivity index (χ3n) is 4.31. The number of fused-ring (bicyclic) bond motifs is 1. The Labute approximate surface area is 143 Å². The van der Waals surface area contributed by atoms with E-state index in [1.54, 1.807) is 18.3 Å². The van der Waals surface area contributed by atoms with Crippen LogP contribution < -0.4 is 0 Å². The fourth-order valence-corrected chi connectivity index (χ4v) is 3.27. The first-order valence-corrected chi connectivity index (χ1v) is 8.04. The van der Waals surface area contributed by atoms with Gasteiger partial charge in [0.1, 0.15) is 11.6 Å². The van der Waals surface area contributed by atoms with Gasteiger partial charge in [0, 0.05) is 36.8 Å². The van der Waals surface area contributed by atoms with Crippen molar-refractivity contribution in [3.8, 4) is 17.3 Å². The summed E-state index contributed by atoms with van der Waals surface area (Å²) in [5.74, 6) is 1.38. The molecule has 0 fully saturated rings. The summed E-state index contributed by atoms with van der Waals surface area (Å²) in [6.45, 7) is 0.890. The van der Waals surface area contributed by atoms with E-state index in [1.807, 2.05) is 11.6 Å².